The maximum Gasteiger partial charge on any atom is 0.243 e. The van der Waals surface area contributed by atoms with Crippen LogP contribution in [-0.2, 0) is 14.8 Å². The molecular weight excluding hydrogens is 288 g/mol. The van der Waals surface area contributed by atoms with E-state index in [9.17, 15) is 13.2 Å². The van der Waals surface area contributed by atoms with Gasteiger partial charge in [0.25, 0.3) is 0 Å². The highest BCUT2D eigenvalue weighted by Gasteiger charge is 2.33. The Morgan fingerprint density at radius 3 is 2.43 bits per heavy atom. The molecule has 0 aliphatic carbocycles. The lowest BCUT2D eigenvalue weighted by atomic mass is 9.98. The number of benzene rings is 1. The molecule has 1 fully saturated rings. The number of hydrogen-bond donors (Lipinski definition) is 0. The minimum atomic E-state index is -3.51. The Morgan fingerprint density at radius 1 is 1.24 bits per heavy atom. The summed E-state index contributed by atoms with van der Waals surface area (Å²) in [5.74, 6) is -0.243. The van der Waals surface area contributed by atoms with Crippen molar-refractivity contribution in [2.24, 2.45) is 5.92 Å². The van der Waals surface area contributed by atoms with E-state index < -0.39 is 10.0 Å². The van der Waals surface area contributed by atoms with Gasteiger partial charge in [0.05, 0.1) is 10.8 Å². The minimum absolute atomic E-state index is 0.00111. The van der Waals surface area contributed by atoms with Crippen LogP contribution >= 0.6 is 0 Å². The largest absolute Gasteiger partial charge is 0.349 e. The number of carbonyl (C=O) groups is 1. The van der Waals surface area contributed by atoms with Gasteiger partial charge in [0.15, 0.2) is 0 Å². The van der Waals surface area contributed by atoms with Crippen molar-refractivity contribution in [1.82, 2.24) is 9.21 Å². The second-order valence-corrected chi connectivity index (χ2v) is 7.69. The molecule has 6 heteroatoms. The molecule has 1 atom stereocenters. The summed E-state index contributed by atoms with van der Waals surface area (Å²) >= 11 is 0. The van der Waals surface area contributed by atoms with Crippen LogP contribution in [0.5, 0.6) is 0 Å². The van der Waals surface area contributed by atoms with E-state index in [1.807, 2.05) is 6.92 Å². The molecule has 0 bridgehead atoms. The van der Waals surface area contributed by atoms with Crippen LogP contribution in [0.3, 0.4) is 0 Å². The van der Waals surface area contributed by atoms with Crippen molar-refractivity contribution >= 4 is 15.9 Å². The van der Waals surface area contributed by atoms with Gasteiger partial charge in [-0.3, -0.25) is 4.79 Å². The van der Waals surface area contributed by atoms with Gasteiger partial charge >= 0.3 is 0 Å². The lowest BCUT2D eigenvalue weighted by molar-refractivity contribution is -0.134. The average molecular weight is 310 g/mol. The second kappa shape index (κ2) is 6.15. The predicted molar refractivity (Wildman–Crippen MR) is 81.4 cm³/mol. The van der Waals surface area contributed by atoms with Gasteiger partial charge in [-0.05, 0) is 31.9 Å². The zero-order valence-electron chi connectivity index (χ0n) is 12.7. The first-order chi connectivity index (χ1) is 9.82. The molecule has 116 valence electrons. The number of hydrogen-bond acceptors (Lipinski definition) is 3. The number of carbonyl (C=O) groups excluding carboxylic acids is 1. The summed E-state index contributed by atoms with van der Waals surface area (Å²) in [5.41, 5.74) is 1.02. The Kier molecular flexibility index (Phi) is 4.68. The first-order valence-electron chi connectivity index (χ1n) is 7.10. The number of aryl methyl sites for hydroxylation is 1. The summed E-state index contributed by atoms with van der Waals surface area (Å²) in [5, 5.41) is 0. The summed E-state index contributed by atoms with van der Waals surface area (Å²) < 4.78 is 26.7. The molecular formula is C15H22N2O3S. The van der Waals surface area contributed by atoms with Crippen molar-refractivity contribution in [3.05, 3.63) is 29.8 Å². The molecule has 0 N–H and O–H groups in total. The van der Waals surface area contributed by atoms with Crippen LogP contribution in [0.2, 0.25) is 0 Å². The molecule has 0 aromatic heterocycles. The summed E-state index contributed by atoms with van der Waals surface area (Å²) in [4.78, 5) is 13.9. The van der Waals surface area contributed by atoms with Gasteiger partial charge < -0.3 is 4.90 Å². The van der Waals surface area contributed by atoms with E-state index >= 15 is 0 Å². The molecule has 0 spiro atoms. The molecule has 0 saturated carbocycles. The first kappa shape index (κ1) is 16.0. The standard InChI is InChI=1S/C15H22N2O3S/c1-12-6-8-14(9-7-12)21(19,20)17-10-4-5-13(11-17)15(18)16(2)3/h6-9,13H,4-5,10-11H2,1-3H3/t13-/m0/s1. The van der Waals surface area contributed by atoms with Crippen LogP contribution < -0.4 is 0 Å². The topological polar surface area (TPSA) is 57.7 Å². The van der Waals surface area contributed by atoms with Crippen LogP contribution in [0.15, 0.2) is 29.2 Å². The molecule has 2 rings (SSSR count). The normalized spacial score (nSPS) is 20.2. The number of amides is 1. The van der Waals surface area contributed by atoms with Crippen LogP contribution in [0, 0.1) is 12.8 Å². The maximum absolute atomic E-state index is 12.6. The molecule has 0 unspecified atom stereocenters. The van der Waals surface area contributed by atoms with Crippen molar-refractivity contribution in [2.75, 3.05) is 27.2 Å². The lowest BCUT2D eigenvalue weighted by Crippen LogP contribution is -2.45. The molecule has 1 aliphatic heterocycles. The Labute approximate surface area is 126 Å². The SMILES string of the molecule is Cc1ccc(S(=O)(=O)N2CCC[C@H](C(=O)N(C)C)C2)cc1. The average Bonchev–Trinajstić information content (AvgIpc) is 2.47. The number of rotatable bonds is 3. The van der Waals surface area contributed by atoms with Crippen LogP contribution in [0.25, 0.3) is 0 Å². The van der Waals surface area contributed by atoms with E-state index in [4.69, 9.17) is 0 Å². The zero-order valence-corrected chi connectivity index (χ0v) is 13.6. The molecule has 5 nitrogen and oxygen atoms in total. The molecule has 1 aromatic rings. The predicted octanol–water partition coefficient (Wildman–Crippen LogP) is 1.48. The van der Waals surface area contributed by atoms with Gasteiger partial charge in [0, 0.05) is 27.2 Å². The van der Waals surface area contributed by atoms with Crippen molar-refractivity contribution in [2.45, 2.75) is 24.7 Å². The molecule has 1 aliphatic rings. The highest BCUT2D eigenvalue weighted by Crippen LogP contribution is 2.24. The Morgan fingerprint density at radius 2 is 1.86 bits per heavy atom. The van der Waals surface area contributed by atoms with E-state index in [0.29, 0.717) is 11.4 Å². The first-order valence-corrected chi connectivity index (χ1v) is 8.54. The van der Waals surface area contributed by atoms with Crippen molar-refractivity contribution in [3.63, 3.8) is 0 Å². The van der Waals surface area contributed by atoms with Gasteiger partial charge in [0.1, 0.15) is 0 Å². The summed E-state index contributed by atoms with van der Waals surface area (Å²) in [7, 11) is -0.100. The van der Waals surface area contributed by atoms with Crippen LogP contribution in [0.1, 0.15) is 18.4 Å². The third-order valence-electron chi connectivity index (χ3n) is 3.83. The Bertz CT molecular complexity index is 608. The number of piperidine rings is 1. The highest BCUT2D eigenvalue weighted by molar-refractivity contribution is 7.89. The third-order valence-corrected chi connectivity index (χ3v) is 5.71. The molecule has 1 aromatic carbocycles. The monoisotopic (exact) mass is 310 g/mol. The van der Waals surface area contributed by atoms with E-state index in [-0.39, 0.29) is 18.4 Å². The maximum atomic E-state index is 12.6. The third kappa shape index (κ3) is 3.44. The fourth-order valence-corrected chi connectivity index (χ4v) is 4.11. The van der Waals surface area contributed by atoms with E-state index in [1.54, 1.807) is 38.4 Å². The van der Waals surface area contributed by atoms with E-state index in [1.165, 1.54) is 9.21 Å². The molecule has 1 saturated heterocycles. The Hall–Kier alpha value is -1.40. The summed E-state index contributed by atoms with van der Waals surface area (Å²) in [6.07, 6.45) is 1.46. The van der Waals surface area contributed by atoms with Gasteiger partial charge in [-0.2, -0.15) is 4.31 Å². The zero-order chi connectivity index (χ0) is 15.6. The second-order valence-electron chi connectivity index (χ2n) is 5.75. The lowest BCUT2D eigenvalue weighted by Gasteiger charge is -2.32. The van der Waals surface area contributed by atoms with Gasteiger partial charge in [-0.15, -0.1) is 0 Å². The highest BCUT2D eigenvalue weighted by atomic mass is 32.2. The number of nitrogens with zero attached hydrogens (tertiary/aromatic N) is 2. The molecule has 1 amide bonds. The molecule has 21 heavy (non-hydrogen) atoms. The summed E-state index contributed by atoms with van der Waals surface area (Å²) in [6, 6.07) is 6.84. The summed E-state index contributed by atoms with van der Waals surface area (Å²) in [6.45, 7) is 2.67. The quantitative estimate of drug-likeness (QED) is 0.850. The molecule has 1 heterocycles. The van der Waals surface area contributed by atoms with Crippen molar-refractivity contribution < 1.29 is 13.2 Å². The van der Waals surface area contributed by atoms with Gasteiger partial charge in [0.2, 0.25) is 15.9 Å². The molecule has 0 radical (unpaired) electrons. The van der Waals surface area contributed by atoms with Crippen molar-refractivity contribution in [3.8, 4) is 0 Å². The smallest absolute Gasteiger partial charge is 0.243 e. The minimum Gasteiger partial charge on any atom is -0.349 e. The Balaban J connectivity index is 2.20. The fraction of sp³-hybridized carbons (Fsp3) is 0.533. The number of sulfonamides is 1. The van der Waals surface area contributed by atoms with Crippen molar-refractivity contribution in [1.29, 1.82) is 0 Å². The van der Waals surface area contributed by atoms with E-state index in [0.717, 1.165) is 18.4 Å². The van der Waals surface area contributed by atoms with Crippen LogP contribution in [0.4, 0.5) is 0 Å². The van der Waals surface area contributed by atoms with Crippen LogP contribution in [-0.4, -0.2) is 50.7 Å². The fourth-order valence-electron chi connectivity index (χ4n) is 2.59. The van der Waals surface area contributed by atoms with Gasteiger partial charge in [-0.1, -0.05) is 17.7 Å². The van der Waals surface area contributed by atoms with Gasteiger partial charge in [-0.25, -0.2) is 8.42 Å². The van der Waals surface area contributed by atoms with E-state index in [2.05, 4.69) is 0 Å².